The Hall–Kier alpha value is -2.65. The highest BCUT2D eigenvalue weighted by Gasteiger charge is 2.21. The molecule has 2 aromatic rings. The highest BCUT2D eigenvalue weighted by Crippen LogP contribution is 2.26. The molecule has 0 bridgehead atoms. The molecule has 0 spiro atoms. The van der Waals surface area contributed by atoms with E-state index in [1.807, 2.05) is 6.92 Å². The van der Waals surface area contributed by atoms with Crippen LogP contribution in [-0.4, -0.2) is 47.4 Å². The molecule has 29 heavy (non-hydrogen) atoms. The summed E-state index contributed by atoms with van der Waals surface area (Å²) >= 11 is 0. The average Bonchev–Trinajstić information content (AvgIpc) is 2.66. The van der Waals surface area contributed by atoms with Gasteiger partial charge in [0.15, 0.2) is 0 Å². The molecule has 7 nitrogen and oxygen atoms in total. The maximum Gasteiger partial charge on any atom is 0.251 e. The summed E-state index contributed by atoms with van der Waals surface area (Å²) in [5, 5.41) is 2.80. The SMILES string of the molecule is COC[C@H](C)NC(=O)c1ccc(OC)c(CN(c2ccc(F)cc2)S(C)(=O)=O)c1. The second-order valence-corrected chi connectivity index (χ2v) is 8.51. The molecule has 2 aromatic carbocycles. The molecule has 0 aliphatic carbocycles. The molecular formula is C20H25FN2O5S. The Kier molecular flexibility index (Phi) is 7.58. The first kappa shape index (κ1) is 22.6. The number of rotatable bonds is 9. The molecule has 158 valence electrons. The topological polar surface area (TPSA) is 84.9 Å². The maximum absolute atomic E-state index is 13.3. The molecule has 0 heterocycles. The Morgan fingerprint density at radius 3 is 2.38 bits per heavy atom. The number of nitrogens with one attached hydrogen (secondary N) is 1. The molecule has 0 aliphatic rings. The fraction of sp³-hybridized carbons (Fsp3) is 0.350. The van der Waals surface area contributed by atoms with Gasteiger partial charge in [-0.2, -0.15) is 0 Å². The van der Waals surface area contributed by atoms with Crippen molar-refractivity contribution in [2.75, 3.05) is 31.4 Å². The van der Waals surface area contributed by atoms with Gasteiger partial charge in [0.05, 0.1) is 32.2 Å². The lowest BCUT2D eigenvalue weighted by Crippen LogP contribution is -2.35. The summed E-state index contributed by atoms with van der Waals surface area (Å²) in [5.41, 5.74) is 1.16. The Balaban J connectivity index is 2.37. The van der Waals surface area contributed by atoms with E-state index >= 15 is 0 Å². The maximum atomic E-state index is 13.3. The lowest BCUT2D eigenvalue weighted by atomic mass is 10.1. The molecule has 1 atom stereocenters. The minimum atomic E-state index is -3.68. The minimum absolute atomic E-state index is 0.0810. The van der Waals surface area contributed by atoms with Crippen molar-refractivity contribution < 1.29 is 27.1 Å². The van der Waals surface area contributed by atoms with E-state index in [2.05, 4.69) is 5.32 Å². The summed E-state index contributed by atoms with van der Waals surface area (Å²) in [6.45, 7) is 2.09. The standard InChI is InChI=1S/C20H25FN2O5S/c1-14(13-27-2)22-20(24)15-5-10-19(28-3)16(11-15)12-23(29(4,25)26)18-8-6-17(21)7-9-18/h5-11,14H,12-13H2,1-4H3,(H,22,24)/t14-/m0/s1. The van der Waals surface area contributed by atoms with Crippen LogP contribution in [0.1, 0.15) is 22.8 Å². The van der Waals surface area contributed by atoms with Crippen LogP contribution < -0.4 is 14.4 Å². The average molecular weight is 424 g/mol. The summed E-state index contributed by atoms with van der Waals surface area (Å²) in [6.07, 6.45) is 1.06. The molecule has 0 aromatic heterocycles. The van der Waals surface area contributed by atoms with E-state index in [4.69, 9.17) is 9.47 Å². The zero-order valence-corrected chi connectivity index (χ0v) is 17.6. The van der Waals surface area contributed by atoms with Crippen molar-refractivity contribution in [3.63, 3.8) is 0 Å². The van der Waals surface area contributed by atoms with Crippen LogP contribution in [0.25, 0.3) is 0 Å². The van der Waals surface area contributed by atoms with Crippen LogP contribution >= 0.6 is 0 Å². The molecule has 0 saturated carbocycles. The van der Waals surface area contributed by atoms with Gasteiger partial charge in [0.2, 0.25) is 10.0 Å². The number of nitrogens with zero attached hydrogens (tertiary/aromatic N) is 1. The van der Waals surface area contributed by atoms with Crippen molar-refractivity contribution in [1.29, 1.82) is 0 Å². The van der Waals surface area contributed by atoms with Crippen molar-refractivity contribution in [1.82, 2.24) is 5.32 Å². The van der Waals surface area contributed by atoms with Crippen molar-refractivity contribution in [3.8, 4) is 5.75 Å². The van der Waals surface area contributed by atoms with Gasteiger partial charge in [-0.3, -0.25) is 9.10 Å². The number of ether oxygens (including phenoxy) is 2. The number of methoxy groups -OCH3 is 2. The number of benzene rings is 2. The number of amides is 1. The second kappa shape index (κ2) is 9.71. The third-order valence-corrected chi connectivity index (χ3v) is 5.31. The minimum Gasteiger partial charge on any atom is -0.496 e. The molecule has 0 radical (unpaired) electrons. The first-order chi connectivity index (χ1) is 13.7. The van der Waals surface area contributed by atoms with Crippen molar-refractivity contribution in [2.24, 2.45) is 0 Å². The Bertz CT molecular complexity index is 948. The van der Waals surface area contributed by atoms with E-state index in [9.17, 15) is 17.6 Å². The molecule has 0 aliphatic heterocycles. The van der Waals surface area contributed by atoms with Crippen LogP contribution in [-0.2, 0) is 21.3 Å². The van der Waals surface area contributed by atoms with Crippen LogP contribution in [0.5, 0.6) is 5.75 Å². The van der Waals surface area contributed by atoms with Crippen molar-refractivity contribution in [3.05, 3.63) is 59.4 Å². The fourth-order valence-electron chi connectivity index (χ4n) is 2.80. The Morgan fingerprint density at radius 1 is 1.17 bits per heavy atom. The molecule has 1 N–H and O–H groups in total. The van der Waals surface area contributed by atoms with Crippen molar-refractivity contribution >= 4 is 21.6 Å². The van der Waals surface area contributed by atoms with Crippen LogP contribution in [0.15, 0.2) is 42.5 Å². The third-order valence-electron chi connectivity index (χ3n) is 4.17. The Labute approximate surface area is 170 Å². The van der Waals surface area contributed by atoms with Gasteiger partial charge in [-0.25, -0.2) is 12.8 Å². The summed E-state index contributed by atoms with van der Waals surface area (Å²) in [6, 6.07) is 9.73. The van der Waals surface area contributed by atoms with Crippen LogP contribution in [0.3, 0.4) is 0 Å². The molecule has 0 unspecified atom stereocenters. The van der Waals surface area contributed by atoms with E-state index in [1.165, 1.54) is 31.4 Å². The number of sulfonamides is 1. The zero-order chi connectivity index (χ0) is 21.6. The van der Waals surface area contributed by atoms with Gasteiger partial charge in [-0.05, 0) is 49.4 Å². The highest BCUT2D eigenvalue weighted by molar-refractivity contribution is 7.92. The van der Waals surface area contributed by atoms with E-state index in [0.717, 1.165) is 10.6 Å². The monoisotopic (exact) mass is 424 g/mol. The number of carbonyl (C=O) groups excluding carboxylic acids is 1. The smallest absolute Gasteiger partial charge is 0.251 e. The first-order valence-electron chi connectivity index (χ1n) is 8.85. The van der Waals surface area contributed by atoms with Crippen molar-refractivity contribution in [2.45, 2.75) is 19.5 Å². The zero-order valence-electron chi connectivity index (χ0n) is 16.8. The summed E-state index contributed by atoms with van der Waals surface area (Å²) in [4.78, 5) is 12.5. The van der Waals surface area contributed by atoms with E-state index < -0.39 is 15.8 Å². The number of carbonyl (C=O) groups is 1. The predicted molar refractivity (Wildman–Crippen MR) is 109 cm³/mol. The lowest BCUT2D eigenvalue weighted by molar-refractivity contribution is 0.0905. The number of hydrogen-bond acceptors (Lipinski definition) is 5. The number of hydrogen-bond donors (Lipinski definition) is 1. The largest absolute Gasteiger partial charge is 0.496 e. The molecule has 1 amide bonds. The number of anilines is 1. The predicted octanol–water partition coefficient (Wildman–Crippen LogP) is 2.57. The molecular weight excluding hydrogens is 399 g/mol. The van der Waals surface area contributed by atoms with Gasteiger partial charge in [-0.15, -0.1) is 0 Å². The summed E-state index contributed by atoms with van der Waals surface area (Å²) in [7, 11) is -0.670. The quantitative estimate of drug-likeness (QED) is 0.669. The normalized spacial score (nSPS) is 12.3. The second-order valence-electron chi connectivity index (χ2n) is 6.60. The van der Waals surface area contributed by atoms with Gasteiger partial charge in [0.1, 0.15) is 11.6 Å². The Morgan fingerprint density at radius 2 is 1.83 bits per heavy atom. The lowest BCUT2D eigenvalue weighted by Gasteiger charge is -2.24. The van der Waals surface area contributed by atoms with Gasteiger partial charge in [0, 0.05) is 24.3 Å². The molecule has 2 rings (SSSR count). The third kappa shape index (κ3) is 6.16. The van der Waals surface area contributed by atoms with Crippen LogP contribution in [0.4, 0.5) is 10.1 Å². The first-order valence-corrected chi connectivity index (χ1v) is 10.7. The summed E-state index contributed by atoms with van der Waals surface area (Å²) in [5.74, 6) is -0.350. The highest BCUT2D eigenvalue weighted by atomic mass is 32.2. The van der Waals surface area contributed by atoms with Gasteiger partial charge >= 0.3 is 0 Å². The van der Waals surface area contributed by atoms with E-state index in [1.54, 1.807) is 25.3 Å². The van der Waals surface area contributed by atoms with Gasteiger partial charge in [-0.1, -0.05) is 0 Å². The van der Waals surface area contributed by atoms with E-state index in [0.29, 0.717) is 29.2 Å². The summed E-state index contributed by atoms with van der Waals surface area (Å²) < 4.78 is 49.4. The molecule has 0 fully saturated rings. The van der Waals surface area contributed by atoms with Crippen LogP contribution in [0, 0.1) is 5.82 Å². The number of halogens is 1. The van der Waals surface area contributed by atoms with Gasteiger partial charge < -0.3 is 14.8 Å². The fourth-order valence-corrected chi connectivity index (χ4v) is 3.68. The van der Waals surface area contributed by atoms with Crippen LogP contribution in [0.2, 0.25) is 0 Å². The van der Waals surface area contributed by atoms with Gasteiger partial charge in [0.25, 0.3) is 5.91 Å². The van der Waals surface area contributed by atoms with E-state index in [-0.39, 0.29) is 18.5 Å². The molecule has 9 heteroatoms. The molecule has 0 saturated heterocycles.